The molecule has 26 nitrogen and oxygen atoms in total. The number of hydrogen-bond acceptors (Lipinski definition) is 22. The highest BCUT2D eigenvalue weighted by atomic mass is 35.5. The van der Waals surface area contributed by atoms with Crippen molar-refractivity contribution < 1.29 is 57.4 Å². The van der Waals surface area contributed by atoms with Gasteiger partial charge < -0.3 is 29.1 Å². The zero-order valence-electron chi connectivity index (χ0n) is 71.7. The summed E-state index contributed by atoms with van der Waals surface area (Å²) in [6.45, 7) is 28.0. The number of imide groups is 4. The van der Waals surface area contributed by atoms with E-state index in [9.17, 15) is 58.5 Å². The van der Waals surface area contributed by atoms with Crippen molar-refractivity contribution in [1.29, 1.82) is 10.5 Å². The number of hydrogen-bond donors (Lipinski definition) is 2. The van der Waals surface area contributed by atoms with Gasteiger partial charge in [0.25, 0.3) is 23.6 Å². The molecule has 124 heavy (non-hydrogen) atoms. The van der Waals surface area contributed by atoms with E-state index in [0.717, 1.165) is 137 Å². The number of carbonyl (C=O) groups excluding carboxylic acids is 10. The SMILES string of the molecule is CC1(C)C(CC(=O)c2ccc(N3CC[C@@H]4C[C@@H](N5CCN(c6ccc7c(c6)C(=O)N(C6CCC(=O)NC6=O)C7=O)CC5)CC[C@@H]4C3)nc2)C(C)(C)C1Oc1ccc(C#N)c(Cl)c1.CC1(C)C(CC(=O)c2ccc(N3CC[C@@H]4C[C@H](N5CCN(c6ccc7c(c6)C(=O)N(C6CCC(=O)NC6=O)C7=O)CC5)CC[C@@H]4C3)nc2)C(C)(C)C1Oc1ccc(C#N)c(Cl)c1. The Balaban J connectivity index is 0.000000176. The molecule has 6 aromatic rings. The van der Waals surface area contributed by atoms with Gasteiger partial charge in [0, 0.05) is 185 Å². The van der Waals surface area contributed by atoms with E-state index in [4.69, 9.17) is 42.6 Å². The van der Waals surface area contributed by atoms with Crippen LogP contribution in [0.15, 0.2) is 109 Å². The number of aromatic nitrogens is 2. The lowest BCUT2D eigenvalue weighted by Gasteiger charge is -2.63. The lowest BCUT2D eigenvalue weighted by molar-refractivity contribution is -0.196. The molecule has 28 heteroatoms. The monoisotopic (exact) mass is 1720 g/mol. The molecule has 8 atom stereocenters. The van der Waals surface area contributed by atoms with Crippen molar-refractivity contribution in [1.82, 2.24) is 40.2 Å². The Morgan fingerprint density at radius 3 is 1.16 bits per heavy atom. The first-order valence-corrected chi connectivity index (χ1v) is 44.9. The van der Waals surface area contributed by atoms with Gasteiger partial charge in [-0.1, -0.05) is 78.6 Å². The summed E-state index contributed by atoms with van der Waals surface area (Å²) in [5, 5.41) is 23.7. The predicted octanol–water partition coefficient (Wildman–Crippen LogP) is 13.1. The van der Waals surface area contributed by atoms with Gasteiger partial charge in [-0.3, -0.25) is 78.2 Å². The quantitative estimate of drug-likeness (QED) is 0.0596. The molecule has 8 amide bonds. The number of nitriles is 2. The molecule has 0 bridgehead atoms. The molecule has 2 unspecified atom stereocenters. The van der Waals surface area contributed by atoms with E-state index >= 15 is 0 Å². The molecule has 4 saturated carbocycles. The molecule has 0 radical (unpaired) electrons. The standard InChI is InChI=1S/2C48H54ClN7O6/c2*1-47(2)40(48(3,4)46(47)62-34-10-6-29(25-50)37(49)23-34)24-39(57)30-7-13-41(51-26-30)55-16-15-28-21-32(8-5-31(28)27-55)53-17-19-54(20-18-53)33-9-11-35-36(22-33)45(61)56(44(35)60)38-12-14-42(58)52-43(38)59/h2*6-7,9-11,13,22-23,26,28,31-32,38,40,46H,5,8,12,14-21,24,27H2,1-4H3,(H,52,58,59)/t28-,31-,32+,38?,40?,46?;28-,31-,32-,38?,40?,46?/m11/s1. The molecule has 8 aliphatic heterocycles. The van der Waals surface area contributed by atoms with Crippen LogP contribution >= 0.6 is 23.2 Å². The van der Waals surface area contributed by atoms with Gasteiger partial charge in [0.05, 0.1) is 43.4 Å². The average Bonchev–Trinajstić information content (AvgIpc) is 0.776. The Bertz CT molecular complexity index is 5030. The van der Waals surface area contributed by atoms with Gasteiger partial charge >= 0.3 is 0 Å². The first kappa shape index (κ1) is 85.5. The van der Waals surface area contributed by atoms with Crippen molar-refractivity contribution >= 4 is 105 Å². The van der Waals surface area contributed by atoms with Gasteiger partial charge in [0.2, 0.25) is 23.6 Å². The Kier molecular flexibility index (Phi) is 23.2. The zero-order chi connectivity index (χ0) is 87.3. The molecular formula is C96H108Cl2N14O12. The highest BCUT2D eigenvalue weighted by Crippen LogP contribution is 2.63. The number of anilines is 4. The van der Waals surface area contributed by atoms with Crippen LogP contribution in [0.4, 0.5) is 23.0 Å². The number of nitrogens with one attached hydrogen (secondary N) is 2. The van der Waals surface area contributed by atoms with E-state index in [0.29, 0.717) is 115 Å². The van der Waals surface area contributed by atoms with Crippen LogP contribution in [0.1, 0.15) is 219 Å². The average molecular weight is 1720 g/mol. The summed E-state index contributed by atoms with van der Waals surface area (Å²) in [7, 11) is 0. The lowest BCUT2D eigenvalue weighted by atomic mass is 9.44. The van der Waals surface area contributed by atoms with Crippen molar-refractivity contribution in [2.45, 2.75) is 182 Å². The Labute approximate surface area is 733 Å². The number of halogens is 2. The van der Waals surface area contributed by atoms with Crippen molar-refractivity contribution in [3.63, 3.8) is 0 Å². The number of amides is 8. The second-order valence-corrected chi connectivity index (χ2v) is 39.6. The molecule has 2 aromatic heterocycles. The van der Waals surface area contributed by atoms with Crippen LogP contribution in [0.25, 0.3) is 0 Å². The fourth-order valence-electron chi connectivity index (χ4n) is 24.0. The number of pyridine rings is 2. The molecule has 648 valence electrons. The second-order valence-electron chi connectivity index (χ2n) is 38.8. The third kappa shape index (κ3) is 16.0. The van der Waals surface area contributed by atoms with Crippen molar-refractivity contribution in [2.75, 3.05) is 98.1 Å². The number of piperidine rings is 4. The Hall–Kier alpha value is -10.6. The fourth-order valence-corrected chi connectivity index (χ4v) is 24.4. The summed E-state index contributed by atoms with van der Waals surface area (Å²) in [6.07, 6.45) is 13.8. The van der Waals surface area contributed by atoms with Crippen molar-refractivity contribution in [3.8, 4) is 23.6 Å². The molecule has 6 saturated heterocycles. The number of nitrogens with zero attached hydrogens (tertiary/aromatic N) is 12. The number of Topliss-reactive ketones (excluding diaryl/α,β-unsaturated/α-hetero) is 2. The number of piperazine rings is 2. The summed E-state index contributed by atoms with van der Waals surface area (Å²) in [6, 6.07) is 32.3. The summed E-state index contributed by atoms with van der Waals surface area (Å²) in [4.78, 5) is 155. The maximum absolute atomic E-state index is 13.7. The van der Waals surface area contributed by atoms with Gasteiger partial charge in [0.1, 0.15) is 59.6 Å². The summed E-state index contributed by atoms with van der Waals surface area (Å²) < 4.78 is 12.9. The normalized spacial score (nSPS) is 28.1. The zero-order valence-corrected chi connectivity index (χ0v) is 73.2. The second kappa shape index (κ2) is 33.7. The van der Waals surface area contributed by atoms with Crippen LogP contribution in [-0.4, -0.2) is 203 Å². The minimum absolute atomic E-state index is 0.0881. The third-order valence-corrected chi connectivity index (χ3v) is 31.0. The van der Waals surface area contributed by atoms with E-state index in [-0.39, 0.29) is 94.8 Å². The predicted molar refractivity (Wildman–Crippen MR) is 466 cm³/mol. The van der Waals surface area contributed by atoms with Crippen molar-refractivity contribution in [3.05, 3.63) is 164 Å². The summed E-state index contributed by atoms with van der Waals surface area (Å²) in [5.41, 5.74) is 4.09. The minimum atomic E-state index is -0.972. The number of benzene rings is 4. The highest BCUT2D eigenvalue weighted by Gasteiger charge is 2.65. The number of ketones is 2. The largest absolute Gasteiger partial charge is 0.489 e. The van der Waals surface area contributed by atoms with E-state index < -0.39 is 47.5 Å². The van der Waals surface area contributed by atoms with Crippen LogP contribution in [-0.2, 0) is 19.2 Å². The fraction of sp³-hybridized carbons (Fsp3) is 0.521. The Morgan fingerprint density at radius 1 is 0.435 bits per heavy atom. The molecule has 10 fully saturated rings. The van der Waals surface area contributed by atoms with Crippen LogP contribution < -0.4 is 39.7 Å². The van der Waals surface area contributed by atoms with Gasteiger partial charge in [-0.15, -0.1) is 0 Å². The van der Waals surface area contributed by atoms with Gasteiger partial charge in [-0.25, -0.2) is 9.97 Å². The highest BCUT2D eigenvalue weighted by molar-refractivity contribution is 6.32. The minimum Gasteiger partial charge on any atom is -0.489 e. The summed E-state index contributed by atoms with van der Waals surface area (Å²) in [5.74, 6) is 2.10. The molecule has 12 aliphatic rings. The molecule has 0 spiro atoms. The molecule has 4 aromatic carbocycles. The summed E-state index contributed by atoms with van der Waals surface area (Å²) >= 11 is 12.6. The maximum Gasteiger partial charge on any atom is 0.262 e. The number of carbonyl (C=O) groups is 10. The first-order valence-electron chi connectivity index (χ1n) is 44.2. The molecular weight excluding hydrogens is 1610 g/mol. The van der Waals surface area contributed by atoms with Crippen LogP contribution in [0.2, 0.25) is 10.0 Å². The number of rotatable bonds is 18. The van der Waals surface area contributed by atoms with Crippen LogP contribution in [0.3, 0.4) is 0 Å². The molecule has 18 rings (SSSR count). The Morgan fingerprint density at radius 2 is 0.815 bits per heavy atom. The van der Waals surface area contributed by atoms with E-state index in [1.165, 1.54) is 25.7 Å². The number of fused-ring (bicyclic) bond motifs is 4. The maximum atomic E-state index is 13.7. The number of ether oxygens (including phenoxy) is 2. The lowest BCUT2D eigenvalue weighted by Crippen LogP contribution is -2.66. The van der Waals surface area contributed by atoms with E-state index in [1.54, 1.807) is 73.1 Å². The van der Waals surface area contributed by atoms with E-state index in [1.807, 2.05) is 36.4 Å². The first-order chi connectivity index (χ1) is 59.3. The van der Waals surface area contributed by atoms with Crippen LogP contribution in [0.5, 0.6) is 11.5 Å². The van der Waals surface area contributed by atoms with E-state index in [2.05, 4.69) is 108 Å². The third-order valence-electron chi connectivity index (χ3n) is 30.4. The van der Waals surface area contributed by atoms with Gasteiger partial charge in [-0.05, 0) is 185 Å². The molecule has 2 N–H and O–H groups in total. The molecule has 4 aliphatic carbocycles. The topological polar surface area (TPSA) is 313 Å². The van der Waals surface area contributed by atoms with Gasteiger partial charge in [0.15, 0.2) is 11.6 Å². The molecule has 10 heterocycles. The smallest absolute Gasteiger partial charge is 0.262 e. The van der Waals surface area contributed by atoms with Gasteiger partial charge in [-0.2, -0.15) is 10.5 Å². The van der Waals surface area contributed by atoms with Crippen molar-refractivity contribution in [2.24, 2.45) is 57.2 Å². The van der Waals surface area contributed by atoms with Crippen LogP contribution in [0, 0.1) is 79.8 Å².